The minimum Gasteiger partial charge on any atom is -0.444 e. The van der Waals surface area contributed by atoms with Gasteiger partial charge in [0, 0.05) is 42.0 Å². The van der Waals surface area contributed by atoms with Gasteiger partial charge in [0.2, 0.25) is 11.4 Å². The molecule has 1 saturated heterocycles. The molecule has 0 unspecified atom stereocenters. The molecule has 1 fully saturated rings. The fourth-order valence-corrected chi connectivity index (χ4v) is 3.20. The van der Waals surface area contributed by atoms with Crippen LogP contribution in [-0.2, 0) is 11.3 Å². The van der Waals surface area contributed by atoms with Crippen molar-refractivity contribution in [2.75, 3.05) is 6.61 Å². The Morgan fingerprint density at radius 1 is 1.23 bits per heavy atom. The number of aromatic nitrogens is 2. The predicted octanol–water partition coefficient (Wildman–Crippen LogP) is 3.30. The molecular formula is C19H18ClN3O3. The zero-order chi connectivity index (χ0) is 17.9. The highest BCUT2D eigenvalue weighted by atomic mass is 35.5. The second-order valence-electron chi connectivity index (χ2n) is 6.20. The van der Waals surface area contributed by atoms with Gasteiger partial charge >= 0.3 is 0 Å². The number of ether oxygens (including phenoxy) is 1. The Kier molecular flexibility index (Phi) is 4.88. The molecule has 0 spiro atoms. The maximum absolute atomic E-state index is 11.2. The highest BCUT2D eigenvalue weighted by Gasteiger charge is 2.29. The van der Waals surface area contributed by atoms with Crippen LogP contribution in [0.5, 0.6) is 0 Å². The number of rotatable bonds is 5. The molecule has 26 heavy (non-hydrogen) atoms. The van der Waals surface area contributed by atoms with Gasteiger partial charge in [0.05, 0.1) is 11.8 Å². The summed E-state index contributed by atoms with van der Waals surface area (Å²) in [6.45, 7) is 1.25. The van der Waals surface area contributed by atoms with E-state index in [4.69, 9.17) is 20.8 Å². The lowest BCUT2D eigenvalue weighted by Gasteiger charge is -2.19. The van der Waals surface area contributed by atoms with Gasteiger partial charge in [-0.3, -0.25) is 4.79 Å². The topological polar surface area (TPSA) is 80.2 Å². The Morgan fingerprint density at radius 2 is 2.08 bits per heavy atom. The molecule has 7 heteroatoms. The van der Waals surface area contributed by atoms with Crippen LogP contribution in [0.4, 0.5) is 0 Å². The minimum absolute atomic E-state index is 0.0884. The van der Waals surface area contributed by atoms with E-state index in [0.717, 1.165) is 23.2 Å². The first-order valence-electron chi connectivity index (χ1n) is 8.43. The fourth-order valence-electron chi connectivity index (χ4n) is 3.08. The van der Waals surface area contributed by atoms with Gasteiger partial charge in [-0.2, -0.15) is 0 Å². The molecule has 3 heterocycles. The van der Waals surface area contributed by atoms with Gasteiger partial charge < -0.3 is 19.5 Å². The van der Waals surface area contributed by atoms with E-state index in [-0.39, 0.29) is 17.7 Å². The number of nitrogens with one attached hydrogen (secondary N) is 2. The molecule has 134 valence electrons. The van der Waals surface area contributed by atoms with Crippen molar-refractivity contribution < 1.29 is 9.15 Å². The van der Waals surface area contributed by atoms with Gasteiger partial charge in [0.15, 0.2) is 0 Å². The highest BCUT2D eigenvalue weighted by Crippen LogP contribution is 2.28. The Bertz CT molecular complexity index is 915. The molecule has 0 radical (unpaired) electrons. The van der Waals surface area contributed by atoms with Gasteiger partial charge in [-0.05, 0) is 42.3 Å². The van der Waals surface area contributed by atoms with E-state index in [0.29, 0.717) is 24.1 Å². The van der Waals surface area contributed by atoms with Crippen LogP contribution in [0.2, 0.25) is 5.02 Å². The van der Waals surface area contributed by atoms with Gasteiger partial charge in [0.1, 0.15) is 6.26 Å². The first-order valence-corrected chi connectivity index (χ1v) is 8.81. The maximum Gasteiger partial charge on any atom is 0.247 e. The summed E-state index contributed by atoms with van der Waals surface area (Å²) in [5.74, 6) is 0.568. The van der Waals surface area contributed by atoms with Gasteiger partial charge in [0.25, 0.3) is 0 Å². The molecular weight excluding hydrogens is 354 g/mol. The van der Waals surface area contributed by atoms with Crippen molar-refractivity contribution in [1.29, 1.82) is 0 Å². The van der Waals surface area contributed by atoms with Crippen LogP contribution in [0.1, 0.15) is 23.8 Å². The van der Waals surface area contributed by atoms with E-state index >= 15 is 0 Å². The highest BCUT2D eigenvalue weighted by molar-refractivity contribution is 6.30. The number of oxazole rings is 1. The van der Waals surface area contributed by atoms with E-state index in [2.05, 4.69) is 15.3 Å². The summed E-state index contributed by atoms with van der Waals surface area (Å²) in [7, 11) is 0. The summed E-state index contributed by atoms with van der Waals surface area (Å²) < 4.78 is 11.4. The number of aromatic amines is 1. The summed E-state index contributed by atoms with van der Waals surface area (Å²) in [4.78, 5) is 18.4. The van der Waals surface area contributed by atoms with Crippen molar-refractivity contribution in [2.45, 2.75) is 25.1 Å². The molecule has 3 aromatic rings. The maximum atomic E-state index is 11.2. The number of nitrogens with zero attached hydrogens (tertiary/aromatic N) is 1. The molecule has 2 N–H and O–H groups in total. The predicted molar refractivity (Wildman–Crippen MR) is 97.9 cm³/mol. The molecule has 0 aliphatic carbocycles. The number of H-pyrrole nitrogens is 1. The summed E-state index contributed by atoms with van der Waals surface area (Å²) >= 11 is 5.91. The smallest absolute Gasteiger partial charge is 0.247 e. The SMILES string of the molecule is O=c1ccc([C@@H]2OCC[C@H]2NCc2coc(-c3ccc(Cl)cc3)n2)c[nH]1. The lowest BCUT2D eigenvalue weighted by molar-refractivity contribution is 0.0981. The first-order chi connectivity index (χ1) is 12.7. The first kappa shape index (κ1) is 17.0. The summed E-state index contributed by atoms with van der Waals surface area (Å²) in [6.07, 6.45) is 4.17. The van der Waals surface area contributed by atoms with Crippen molar-refractivity contribution >= 4 is 11.6 Å². The van der Waals surface area contributed by atoms with Crippen molar-refractivity contribution in [3.05, 3.63) is 75.5 Å². The Morgan fingerprint density at radius 3 is 2.85 bits per heavy atom. The largest absolute Gasteiger partial charge is 0.444 e. The zero-order valence-electron chi connectivity index (χ0n) is 13.9. The van der Waals surface area contributed by atoms with Crippen LogP contribution in [0.3, 0.4) is 0 Å². The Hall–Kier alpha value is -2.41. The molecule has 2 atom stereocenters. The van der Waals surface area contributed by atoms with Crippen LogP contribution >= 0.6 is 11.6 Å². The minimum atomic E-state index is -0.117. The van der Waals surface area contributed by atoms with Crippen molar-refractivity contribution in [2.24, 2.45) is 0 Å². The monoisotopic (exact) mass is 371 g/mol. The average Bonchev–Trinajstić information content (AvgIpc) is 3.30. The molecule has 6 nitrogen and oxygen atoms in total. The van der Waals surface area contributed by atoms with Crippen LogP contribution in [0.25, 0.3) is 11.5 Å². The van der Waals surface area contributed by atoms with E-state index < -0.39 is 0 Å². The summed E-state index contributed by atoms with van der Waals surface area (Å²) in [5, 5.41) is 4.15. The molecule has 1 aliphatic heterocycles. The van der Waals surface area contributed by atoms with Crippen LogP contribution in [0, 0.1) is 0 Å². The van der Waals surface area contributed by atoms with Gasteiger partial charge in [-0.15, -0.1) is 0 Å². The standard InChI is InChI=1S/C19H18ClN3O3/c20-14-4-1-12(2-5-14)19-23-15(11-26-19)10-21-16-7-8-25-18(16)13-3-6-17(24)22-9-13/h1-6,9,11,16,18,21H,7-8,10H2,(H,22,24)/t16-,18+/m1/s1. The number of halogens is 1. The molecule has 0 bridgehead atoms. The Balaban J connectivity index is 1.41. The lowest BCUT2D eigenvalue weighted by Crippen LogP contribution is -2.31. The van der Waals surface area contributed by atoms with E-state index in [1.165, 1.54) is 6.07 Å². The molecule has 1 aromatic carbocycles. The third kappa shape index (κ3) is 3.72. The summed E-state index contributed by atoms with van der Waals surface area (Å²) in [5.41, 5.74) is 2.55. The quantitative estimate of drug-likeness (QED) is 0.719. The number of hydrogen-bond donors (Lipinski definition) is 2. The third-order valence-corrected chi connectivity index (χ3v) is 4.67. The molecule has 4 rings (SSSR count). The molecule has 1 aliphatic rings. The van der Waals surface area contributed by atoms with Crippen molar-refractivity contribution in [3.8, 4) is 11.5 Å². The van der Waals surface area contributed by atoms with Crippen LogP contribution in [0.15, 0.2) is 58.1 Å². The lowest BCUT2D eigenvalue weighted by atomic mass is 10.0. The van der Waals surface area contributed by atoms with Crippen LogP contribution in [-0.4, -0.2) is 22.6 Å². The second kappa shape index (κ2) is 7.45. The molecule has 0 saturated carbocycles. The molecule has 0 amide bonds. The summed E-state index contributed by atoms with van der Waals surface area (Å²) in [6, 6.07) is 10.8. The number of pyridine rings is 1. The number of benzene rings is 1. The van der Waals surface area contributed by atoms with Crippen LogP contribution < -0.4 is 10.9 Å². The zero-order valence-corrected chi connectivity index (χ0v) is 14.7. The fraction of sp³-hybridized carbons (Fsp3) is 0.263. The average molecular weight is 372 g/mol. The van der Waals surface area contributed by atoms with E-state index in [9.17, 15) is 4.79 Å². The Labute approximate surface area is 155 Å². The normalized spacial score (nSPS) is 19.7. The van der Waals surface area contributed by atoms with E-state index in [1.54, 1.807) is 18.5 Å². The van der Waals surface area contributed by atoms with Crippen molar-refractivity contribution in [3.63, 3.8) is 0 Å². The second-order valence-corrected chi connectivity index (χ2v) is 6.64. The van der Waals surface area contributed by atoms with Gasteiger partial charge in [-0.1, -0.05) is 11.6 Å². The third-order valence-electron chi connectivity index (χ3n) is 4.42. The van der Waals surface area contributed by atoms with Gasteiger partial charge in [-0.25, -0.2) is 4.98 Å². The number of hydrogen-bond acceptors (Lipinski definition) is 5. The van der Waals surface area contributed by atoms with Crippen molar-refractivity contribution in [1.82, 2.24) is 15.3 Å². The molecule has 2 aromatic heterocycles. The van der Waals surface area contributed by atoms with E-state index in [1.807, 2.05) is 24.3 Å².